The van der Waals surface area contributed by atoms with E-state index in [0.717, 1.165) is 22.0 Å². The summed E-state index contributed by atoms with van der Waals surface area (Å²) in [5.74, 6) is -0.936. The number of anilines is 1. The van der Waals surface area contributed by atoms with Crippen LogP contribution in [0.1, 0.15) is 33.0 Å². The predicted octanol–water partition coefficient (Wildman–Crippen LogP) is 4.52. The highest BCUT2D eigenvalue weighted by Crippen LogP contribution is 2.28. The number of carbonyl (C=O) groups is 3. The van der Waals surface area contributed by atoms with Gasteiger partial charge in [0.25, 0.3) is 11.8 Å². The van der Waals surface area contributed by atoms with Crippen molar-refractivity contribution < 1.29 is 23.5 Å². The number of fused-ring (bicyclic) bond motifs is 1. The summed E-state index contributed by atoms with van der Waals surface area (Å²) in [6.07, 6.45) is 3.42. The molecule has 2 aromatic heterocycles. The highest BCUT2D eigenvalue weighted by atomic mass is 32.1. The summed E-state index contributed by atoms with van der Waals surface area (Å²) in [5, 5.41) is 3.53. The first-order valence-corrected chi connectivity index (χ1v) is 11.9. The molecule has 2 amide bonds. The monoisotopic (exact) mass is 513 g/mol. The lowest BCUT2D eigenvalue weighted by atomic mass is 10.1. The van der Waals surface area contributed by atoms with Crippen molar-refractivity contribution in [2.45, 2.75) is 20.4 Å². The van der Waals surface area contributed by atoms with Crippen molar-refractivity contribution >= 4 is 57.8 Å². The molecule has 1 aliphatic heterocycles. The Morgan fingerprint density at radius 2 is 1.81 bits per heavy atom. The number of amides is 2. The molecular weight excluding hydrogens is 490 g/mol. The fraction of sp³-hybridized carbons (Fsp3) is 0.143. The van der Waals surface area contributed by atoms with Crippen molar-refractivity contribution in [1.29, 1.82) is 0 Å². The number of aromatic nitrogens is 1. The maximum Gasteiger partial charge on any atom is 0.373 e. The maximum atomic E-state index is 13.5. The molecule has 5 rings (SSSR count). The molecule has 0 atom stereocenters. The molecule has 0 aliphatic carbocycles. The first-order chi connectivity index (χ1) is 17.7. The minimum absolute atomic E-state index is 0.0263. The van der Waals surface area contributed by atoms with Crippen LogP contribution in [0.2, 0.25) is 0 Å². The van der Waals surface area contributed by atoms with E-state index in [-0.39, 0.29) is 16.4 Å². The van der Waals surface area contributed by atoms with E-state index in [1.54, 1.807) is 18.2 Å². The van der Waals surface area contributed by atoms with Crippen LogP contribution in [-0.2, 0) is 20.9 Å². The third-order valence-electron chi connectivity index (χ3n) is 6.06. The Morgan fingerprint density at radius 3 is 2.54 bits per heavy atom. The molecule has 2 aromatic carbocycles. The molecule has 1 N–H and O–H groups in total. The number of hydrogen-bond donors (Lipinski definition) is 1. The predicted molar refractivity (Wildman–Crippen MR) is 143 cm³/mol. The smallest absolute Gasteiger partial charge is 0.373 e. The molecule has 0 spiro atoms. The summed E-state index contributed by atoms with van der Waals surface area (Å²) in [6, 6.07) is 16.6. The van der Waals surface area contributed by atoms with E-state index in [1.165, 1.54) is 12.0 Å². The number of ether oxygens (including phenoxy) is 1. The molecule has 1 fully saturated rings. The Bertz CT molecular complexity index is 1610. The van der Waals surface area contributed by atoms with Crippen LogP contribution in [0.3, 0.4) is 0 Å². The van der Waals surface area contributed by atoms with Crippen LogP contribution in [0.15, 0.2) is 70.8 Å². The maximum absolute atomic E-state index is 13.5. The number of esters is 1. The molecule has 1 saturated heterocycles. The van der Waals surface area contributed by atoms with Crippen molar-refractivity contribution in [1.82, 2.24) is 9.88 Å². The molecule has 0 radical (unpaired) electrons. The highest BCUT2D eigenvalue weighted by Gasteiger charge is 2.35. The van der Waals surface area contributed by atoms with Crippen LogP contribution < -0.4 is 10.2 Å². The van der Waals surface area contributed by atoms with Gasteiger partial charge < -0.3 is 13.7 Å². The number of aryl methyl sites for hydroxylation is 2. The number of benzene rings is 2. The van der Waals surface area contributed by atoms with E-state index in [4.69, 9.17) is 21.4 Å². The number of furan rings is 1. The lowest BCUT2D eigenvalue weighted by molar-refractivity contribution is -0.122. The van der Waals surface area contributed by atoms with Gasteiger partial charge in [0.2, 0.25) is 5.76 Å². The summed E-state index contributed by atoms with van der Waals surface area (Å²) < 4.78 is 12.3. The van der Waals surface area contributed by atoms with Crippen LogP contribution in [-0.4, -0.2) is 34.6 Å². The molecule has 0 bridgehead atoms. The average molecular weight is 514 g/mol. The third kappa shape index (κ3) is 4.56. The molecule has 4 aromatic rings. The molecule has 0 unspecified atom stereocenters. The van der Waals surface area contributed by atoms with Gasteiger partial charge in [0.1, 0.15) is 11.3 Å². The summed E-state index contributed by atoms with van der Waals surface area (Å²) in [7, 11) is 1.29. The molecule has 37 heavy (non-hydrogen) atoms. The molecule has 186 valence electrons. The summed E-state index contributed by atoms with van der Waals surface area (Å²) in [6.45, 7) is 4.20. The summed E-state index contributed by atoms with van der Waals surface area (Å²) >= 11 is 5.35. The Balaban J connectivity index is 1.54. The molecule has 3 heterocycles. The fourth-order valence-corrected chi connectivity index (χ4v) is 4.77. The largest absolute Gasteiger partial charge is 0.463 e. The molecule has 8 nitrogen and oxygen atoms in total. The van der Waals surface area contributed by atoms with E-state index in [1.807, 2.05) is 67.1 Å². The van der Waals surface area contributed by atoms with Gasteiger partial charge in [-0.25, -0.2) is 4.79 Å². The van der Waals surface area contributed by atoms with E-state index in [0.29, 0.717) is 23.6 Å². The lowest BCUT2D eigenvalue weighted by Gasteiger charge is -2.29. The minimum atomic E-state index is -0.554. The lowest BCUT2D eigenvalue weighted by Crippen LogP contribution is -2.54. The highest BCUT2D eigenvalue weighted by molar-refractivity contribution is 7.80. The van der Waals surface area contributed by atoms with Crippen LogP contribution >= 0.6 is 12.2 Å². The Kier molecular flexibility index (Phi) is 6.22. The first kappa shape index (κ1) is 24.2. The number of nitrogens with one attached hydrogen (secondary N) is 1. The second-order valence-electron chi connectivity index (χ2n) is 8.79. The van der Waals surface area contributed by atoms with Gasteiger partial charge in [-0.05, 0) is 73.6 Å². The zero-order chi connectivity index (χ0) is 26.3. The van der Waals surface area contributed by atoms with Gasteiger partial charge in [-0.3, -0.25) is 19.8 Å². The zero-order valence-electron chi connectivity index (χ0n) is 20.4. The van der Waals surface area contributed by atoms with Crippen LogP contribution in [0, 0.1) is 13.8 Å². The molecule has 0 saturated carbocycles. The normalized spacial score (nSPS) is 14.9. The topological polar surface area (TPSA) is 93.8 Å². The minimum Gasteiger partial charge on any atom is -0.463 e. The molecule has 9 heteroatoms. The average Bonchev–Trinajstić information content (AvgIpc) is 3.46. The number of para-hydroxylation sites is 1. The quantitative estimate of drug-likeness (QED) is 0.183. The van der Waals surface area contributed by atoms with E-state index in [9.17, 15) is 14.4 Å². The Labute approximate surface area is 218 Å². The molecule has 1 aliphatic rings. The van der Waals surface area contributed by atoms with Crippen LogP contribution in [0.5, 0.6) is 0 Å². The van der Waals surface area contributed by atoms with Gasteiger partial charge >= 0.3 is 5.97 Å². The number of thiocarbonyl (C=S) groups is 1. The Hall–Kier alpha value is -4.50. The van der Waals surface area contributed by atoms with Crippen molar-refractivity contribution in [2.75, 3.05) is 12.0 Å². The van der Waals surface area contributed by atoms with E-state index in [2.05, 4.69) is 5.32 Å². The SMILES string of the molecule is COC(=O)c1ccc(Cn2cc(/C=C3\C(=O)NC(=S)N(c4cc(C)cc(C)c4)C3=O)c3ccccc32)o1. The van der Waals surface area contributed by atoms with Gasteiger partial charge in [-0.2, -0.15) is 0 Å². The third-order valence-corrected chi connectivity index (χ3v) is 6.34. The van der Waals surface area contributed by atoms with Crippen molar-refractivity contribution in [3.63, 3.8) is 0 Å². The van der Waals surface area contributed by atoms with Gasteiger partial charge in [0.15, 0.2) is 5.11 Å². The molecular formula is C28H23N3O5S. The summed E-state index contributed by atoms with van der Waals surface area (Å²) in [4.78, 5) is 39.5. The zero-order valence-corrected chi connectivity index (χ0v) is 21.2. The van der Waals surface area contributed by atoms with Crippen molar-refractivity contribution in [3.05, 3.63) is 94.6 Å². The van der Waals surface area contributed by atoms with Crippen LogP contribution in [0.25, 0.3) is 17.0 Å². The van der Waals surface area contributed by atoms with Gasteiger partial charge in [0.05, 0.1) is 19.3 Å². The van der Waals surface area contributed by atoms with Gasteiger partial charge in [-0.15, -0.1) is 0 Å². The van der Waals surface area contributed by atoms with Crippen molar-refractivity contribution in [3.8, 4) is 0 Å². The fourth-order valence-electron chi connectivity index (χ4n) is 4.49. The number of rotatable bonds is 5. The second-order valence-corrected chi connectivity index (χ2v) is 9.18. The summed E-state index contributed by atoms with van der Waals surface area (Å²) in [5.41, 5.74) is 4.08. The van der Waals surface area contributed by atoms with Gasteiger partial charge in [0, 0.05) is 22.7 Å². The van der Waals surface area contributed by atoms with Crippen LogP contribution in [0.4, 0.5) is 5.69 Å². The number of nitrogens with zero attached hydrogens (tertiary/aromatic N) is 2. The van der Waals surface area contributed by atoms with Gasteiger partial charge in [-0.1, -0.05) is 24.3 Å². The van der Waals surface area contributed by atoms with E-state index >= 15 is 0 Å². The standard InChI is InChI=1S/C28H23N3O5S/c1-16-10-17(2)12-19(11-16)31-26(33)22(25(32)29-28(31)37)13-18-14-30(23-7-5-4-6-21(18)23)15-20-8-9-24(36-20)27(34)35-3/h4-14H,15H2,1-3H3,(H,29,32,37)/b22-13+. The number of hydrogen-bond acceptors (Lipinski definition) is 6. The first-order valence-electron chi connectivity index (χ1n) is 11.5. The Morgan fingerprint density at radius 1 is 1.08 bits per heavy atom. The van der Waals surface area contributed by atoms with Crippen molar-refractivity contribution in [2.24, 2.45) is 0 Å². The van der Waals surface area contributed by atoms with E-state index < -0.39 is 17.8 Å². The number of carbonyl (C=O) groups excluding carboxylic acids is 3. The number of methoxy groups -OCH3 is 1. The second kappa shape index (κ2) is 9.51.